The Kier molecular flexibility index (Phi) is 9.07. The van der Waals surface area contributed by atoms with Crippen molar-refractivity contribution in [1.29, 1.82) is 0 Å². The Morgan fingerprint density at radius 3 is 2.73 bits per heavy atom. The number of carbonyl (C=O) groups excluding carboxylic acids is 1. The van der Waals surface area contributed by atoms with Gasteiger partial charge in [-0.15, -0.1) is 0 Å². The molecule has 1 aromatic rings. The summed E-state index contributed by atoms with van der Waals surface area (Å²) in [5.74, 6) is 0.601. The average Bonchev–Trinajstić information content (AvgIpc) is 2.52. The quantitative estimate of drug-likeness (QED) is 0.333. The van der Waals surface area contributed by atoms with E-state index in [0.29, 0.717) is 6.42 Å². The van der Waals surface area contributed by atoms with Crippen LogP contribution in [0.1, 0.15) is 24.8 Å². The van der Waals surface area contributed by atoms with E-state index >= 15 is 0 Å². The molecule has 0 aliphatic rings. The van der Waals surface area contributed by atoms with E-state index in [4.69, 9.17) is 11.6 Å². The van der Waals surface area contributed by atoms with Gasteiger partial charge in [-0.05, 0) is 37.0 Å². The third-order valence-corrected chi connectivity index (χ3v) is 3.38. The molecule has 0 radical (unpaired) electrons. The molecule has 0 amide bonds. The van der Waals surface area contributed by atoms with Gasteiger partial charge in [0.2, 0.25) is 0 Å². The van der Waals surface area contributed by atoms with E-state index in [-0.39, 0.29) is 5.97 Å². The summed E-state index contributed by atoms with van der Waals surface area (Å²) < 4.78 is 4.60. The highest BCUT2D eigenvalue weighted by Crippen LogP contribution is 2.10. The lowest BCUT2D eigenvalue weighted by Gasteiger charge is -2.11. The second-order valence-corrected chi connectivity index (χ2v) is 5.28. The molecule has 0 saturated carbocycles. The number of ether oxygens (including phenoxy) is 1. The van der Waals surface area contributed by atoms with Crippen LogP contribution in [0.5, 0.6) is 0 Å². The summed E-state index contributed by atoms with van der Waals surface area (Å²) in [4.78, 5) is 15.1. The molecule has 0 aromatic heterocycles. The van der Waals surface area contributed by atoms with Crippen LogP contribution in [0.4, 0.5) is 0 Å². The molecule has 0 fully saturated rings. The maximum absolute atomic E-state index is 11.0. The summed E-state index contributed by atoms with van der Waals surface area (Å²) in [5.41, 5.74) is 1.19. The number of hydrogen-bond acceptors (Lipinski definition) is 3. The smallest absolute Gasteiger partial charge is 0.305 e. The number of nitrogens with zero attached hydrogens (tertiary/aromatic N) is 1. The Morgan fingerprint density at radius 1 is 1.27 bits per heavy atom. The van der Waals surface area contributed by atoms with Gasteiger partial charge in [0.15, 0.2) is 5.96 Å². The van der Waals surface area contributed by atoms with Gasteiger partial charge in [-0.1, -0.05) is 23.7 Å². The molecule has 0 aliphatic carbocycles. The zero-order valence-corrected chi connectivity index (χ0v) is 13.9. The largest absolute Gasteiger partial charge is 0.469 e. The number of benzene rings is 1. The number of esters is 1. The monoisotopic (exact) mass is 325 g/mol. The fraction of sp³-hybridized carbons (Fsp3) is 0.500. The first-order valence-electron chi connectivity index (χ1n) is 7.41. The summed E-state index contributed by atoms with van der Waals surface area (Å²) in [6, 6.07) is 7.84. The third kappa shape index (κ3) is 7.88. The van der Waals surface area contributed by atoms with Crippen LogP contribution in [0.25, 0.3) is 0 Å². The fourth-order valence-corrected chi connectivity index (χ4v) is 2.15. The van der Waals surface area contributed by atoms with Crippen molar-refractivity contribution in [2.45, 2.75) is 25.7 Å². The minimum absolute atomic E-state index is 0.163. The van der Waals surface area contributed by atoms with E-state index in [1.807, 2.05) is 18.2 Å². The molecule has 122 valence electrons. The summed E-state index contributed by atoms with van der Waals surface area (Å²) in [5, 5.41) is 7.23. The Bertz CT molecular complexity index is 492. The van der Waals surface area contributed by atoms with E-state index in [9.17, 15) is 4.79 Å². The Labute approximate surface area is 137 Å². The molecule has 0 spiro atoms. The molecule has 0 atom stereocenters. The maximum Gasteiger partial charge on any atom is 0.305 e. The summed E-state index contributed by atoms with van der Waals surface area (Å²) in [6.45, 7) is 1.55. The Balaban J connectivity index is 2.16. The zero-order chi connectivity index (χ0) is 16.2. The lowest BCUT2D eigenvalue weighted by Crippen LogP contribution is -2.38. The van der Waals surface area contributed by atoms with Crippen molar-refractivity contribution in [3.63, 3.8) is 0 Å². The number of hydrogen-bond donors (Lipinski definition) is 2. The van der Waals surface area contributed by atoms with Crippen LogP contribution >= 0.6 is 11.6 Å². The van der Waals surface area contributed by atoms with Gasteiger partial charge in [-0.3, -0.25) is 9.79 Å². The highest BCUT2D eigenvalue weighted by atomic mass is 35.5. The highest BCUT2D eigenvalue weighted by Gasteiger charge is 2.01. The van der Waals surface area contributed by atoms with Crippen LogP contribution in [0.3, 0.4) is 0 Å². The van der Waals surface area contributed by atoms with Crippen LogP contribution in [-0.2, 0) is 16.0 Å². The molecule has 0 saturated heterocycles. The number of unbranched alkanes of at least 4 members (excludes halogenated alkanes) is 1. The van der Waals surface area contributed by atoms with Gasteiger partial charge in [0.1, 0.15) is 0 Å². The minimum Gasteiger partial charge on any atom is -0.469 e. The molecule has 0 bridgehead atoms. The number of halogens is 1. The molecule has 6 heteroatoms. The zero-order valence-electron chi connectivity index (χ0n) is 13.2. The van der Waals surface area contributed by atoms with Gasteiger partial charge < -0.3 is 15.4 Å². The highest BCUT2D eigenvalue weighted by molar-refractivity contribution is 6.30. The van der Waals surface area contributed by atoms with Crippen molar-refractivity contribution in [3.05, 3.63) is 34.9 Å². The topological polar surface area (TPSA) is 62.7 Å². The van der Waals surface area contributed by atoms with Crippen LogP contribution < -0.4 is 10.6 Å². The van der Waals surface area contributed by atoms with Crippen molar-refractivity contribution < 1.29 is 9.53 Å². The first-order chi connectivity index (χ1) is 10.7. The molecule has 5 nitrogen and oxygen atoms in total. The SMILES string of the molecule is CN=C(NCCCCC(=O)OC)NCCc1cccc(Cl)c1. The van der Waals surface area contributed by atoms with Crippen molar-refractivity contribution >= 4 is 23.5 Å². The number of carbonyl (C=O) groups is 1. The lowest BCUT2D eigenvalue weighted by molar-refractivity contribution is -0.140. The number of aliphatic imine (C=N–C) groups is 1. The van der Waals surface area contributed by atoms with Gasteiger partial charge in [0.25, 0.3) is 0 Å². The van der Waals surface area contributed by atoms with Gasteiger partial charge in [-0.25, -0.2) is 0 Å². The van der Waals surface area contributed by atoms with Gasteiger partial charge in [0, 0.05) is 31.6 Å². The van der Waals surface area contributed by atoms with E-state index in [1.165, 1.54) is 12.7 Å². The second kappa shape index (κ2) is 10.9. The predicted molar refractivity (Wildman–Crippen MR) is 90.4 cm³/mol. The molecular formula is C16H24ClN3O2. The number of guanidine groups is 1. The molecule has 0 aliphatic heterocycles. The molecular weight excluding hydrogens is 302 g/mol. The minimum atomic E-state index is -0.163. The first-order valence-corrected chi connectivity index (χ1v) is 7.79. The molecule has 1 aromatic carbocycles. The summed E-state index contributed by atoms with van der Waals surface area (Å²) >= 11 is 5.96. The molecule has 2 N–H and O–H groups in total. The molecule has 1 rings (SSSR count). The number of methoxy groups -OCH3 is 1. The summed E-state index contributed by atoms with van der Waals surface area (Å²) in [6.07, 6.45) is 3.03. The molecule has 0 heterocycles. The number of nitrogens with one attached hydrogen (secondary N) is 2. The van der Waals surface area contributed by atoms with Crippen LogP contribution in [0, 0.1) is 0 Å². The summed E-state index contributed by atoms with van der Waals surface area (Å²) in [7, 11) is 3.15. The molecule has 22 heavy (non-hydrogen) atoms. The standard InChI is InChI=1S/C16H24ClN3O2/c1-18-16(19-10-4-3-8-15(21)22-2)20-11-9-13-6-5-7-14(17)12-13/h5-7,12H,3-4,8-11H2,1-2H3,(H2,18,19,20). The molecule has 0 unspecified atom stereocenters. The van der Waals surface area contributed by atoms with E-state index < -0.39 is 0 Å². The Morgan fingerprint density at radius 2 is 2.05 bits per heavy atom. The van der Waals surface area contributed by atoms with E-state index in [0.717, 1.165) is 43.3 Å². The van der Waals surface area contributed by atoms with Crippen molar-refractivity contribution in [2.75, 3.05) is 27.2 Å². The third-order valence-electron chi connectivity index (χ3n) is 3.15. The second-order valence-electron chi connectivity index (χ2n) is 4.84. The van der Waals surface area contributed by atoms with Crippen molar-refractivity contribution in [3.8, 4) is 0 Å². The van der Waals surface area contributed by atoms with Crippen molar-refractivity contribution in [1.82, 2.24) is 10.6 Å². The van der Waals surface area contributed by atoms with E-state index in [2.05, 4.69) is 26.4 Å². The van der Waals surface area contributed by atoms with Gasteiger partial charge in [-0.2, -0.15) is 0 Å². The van der Waals surface area contributed by atoms with Crippen LogP contribution in [0.15, 0.2) is 29.3 Å². The normalized spacial score (nSPS) is 11.1. The van der Waals surface area contributed by atoms with E-state index in [1.54, 1.807) is 7.05 Å². The number of rotatable bonds is 8. The fourth-order valence-electron chi connectivity index (χ4n) is 1.94. The van der Waals surface area contributed by atoms with Crippen LogP contribution in [0.2, 0.25) is 5.02 Å². The lowest BCUT2D eigenvalue weighted by atomic mass is 10.1. The first kappa shape index (κ1) is 18.3. The Hall–Kier alpha value is -1.75. The van der Waals surface area contributed by atoms with Gasteiger partial charge in [0.05, 0.1) is 7.11 Å². The maximum atomic E-state index is 11.0. The van der Waals surface area contributed by atoms with Gasteiger partial charge >= 0.3 is 5.97 Å². The predicted octanol–water partition coefficient (Wildman–Crippen LogP) is 2.39. The average molecular weight is 326 g/mol. The van der Waals surface area contributed by atoms with Crippen LogP contribution in [-0.4, -0.2) is 39.2 Å². The van der Waals surface area contributed by atoms with Crippen molar-refractivity contribution in [2.24, 2.45) is 4.99 Å².